The molecule has 0 aromatic heterocycles. The molecule has 6 heteroatoms. The Balaban J connectivity index is 2.08. The van der Waals surface area contributed by atoms with Gasteiger partial charge in [-0.25, -0.2) is 5.43 Å². The number of nitrogens with one attached hydrogen (secondary N) is 2. The summed E-state index contributed by atoms with van der Waals surface area (Å²) < 4.78 is 0. The third-order valence-electron chi connectivity index (χ3n) is 3.14. The van der Waals surface area contributed by atoms with Crippen LogP contribution < -0.4 is 10.9 Å². The number of rotatable bonds is 6. The molecule has 2 N–H and O–H groups in total. The van der Waals surface area contributed by atoms with E-state index in [1.54, 1.807) is 24.3 Å². The maximum Gasteiger partial charge on any atom is 0.269 e. The molecule has 0 atom stereocenters. The number of nitro groups is 1. The van der Waals surface area contributed by atoms with Crippen LogP contribution in [0.2, 0.25) is 0 Å². The molecule has 0 bridgehead atoms. The van der Waals surface area contributed by atoms with Crippen molar-refractivity contribution in [3.05, 3.63) is 64.2 Å². The summed E-state index contributed by atoms with van der Waals surface area (Å²) in [6.07, 6.45) is 0.930. The molecule has 0 unspecified atom stereocenters. The highest BCUT2D eigenvalue weighted by Gasteiger charge is 2.07. The van der Waals surface area contributed by atoms with E-state index in [1.807, 2.05) is 19.1 Å². The minimum Gasteiger partial charge on any atom is -0.287 e. The number of hydrogen-bond donors (Lipinski definition) is 2. The van der Waals surface area contributed by atoms with E-state index in [4.69, 9.17) is 0 Å². The van der Waals surface area contributed by atoms with E-state index in [0.29, 0.717) is 12.1 Å². The second-order valence-corrected chi connectivity index (χ2v) is 4.76. The molecular formula is C16H17N3O3. The fourth-order valence-corrected chi connectivity index (χ4v) is 1.93. The Morgan fingerprint density at radius 1 is 1.05 bits per heavy atom. The first-order chi connectivity index (χ1) is 10.6. The van der Waals surface area contributed by atoms with E-state index in [9.17, 15) is 14.9 Å². The summed E-state index contributed by atoms with van der Waals surface area (Å²) in [7, 11) is 0. The van der Waals surface area contributed by atoms with Crippen LogP contribution >= 0.6 is 0 Å². The van der Waals surface area contributed by atoms with Gasteiger partial charge in [0.05, 0.1) is 4.92 Å². The van der Waals surface area contributed by atoms with Crippen molar-refractivity contribution in [3.8, 4) is 11.1 Å². The van der Waals surface area contributed by atoms with Crippen molar-refractivity contribution in [1.29, 1.82) is 0 Å². The van der Waals surface area contributed by atoms with Crippen LogP contribution in [0.1, 0.15) is 23.7 Å². The second-order valence-electron chi connectivity index (χ2n) is 4.76. The highest BCUT2D eigenvalue weighted by atomic mass is 16.6. The van der Waals surface area contributed by atoms with Gasteiger partial charge < -0.3 is 0 Å². The summed E-state index contributed by atoms with van der Waals surface area (Å²) in [4.78, 5) is 22.0. The Morgan fingerprint density at radius 2 is 1.59 bits per heavy atom. The van der Waals surface area contributed by atoms with Gasteiger partial charge in [-0.15, -0.1) is 0 Å². The fraction of sp³-hybridized carbons (Fsp3) is 0.188. The SMILES string of the molecule is CCCNNC(=O)c1ccc(-c2ccc([N+](=O)[O-])cc2)cc1. The Hall–Kier alpha value is -2.73. The lowest BCUT2D eigenvalue weighted by molar-refractivity contribution is -0.384. The maximum atomic E-state index is 11.8. The van der Waals surface area contributed by atoms with Crippen LogP contribution in [0.5, 0.6) is 0 Å². The molecule has 6 nitrogen and oxygen atoms in total. The van der Waals surface area contributed by atoms with Crippen LogP contribution in [0, 0.1) is 10.1 Å². The Morgan fingerprint density at radius 3 is 2.09 bits per heavy atom. The first-order valence-corrected chi connectivity index (χ1v) is 7.00. The topological polar surface area (TPSA) is 84.3 Å². The van der Waals surface area contributed by atoms with E-state index in [-0.39, 0.29) is 11.6 Å². The molecule has 0 aliphatic heterocycles. The highest BCUT2D eigenvalue weighted by Crippen LogP contribution is 2.22. The molecule has 0 saturated heterocycles. The first-order valence-electron chi connectivity index (χ1n) is 7.00. The van der Waals surface area contributed by atoms with Gasteiger partial charge >= 0.3 is 0 Å². The van der Waals surface area contributed by atoms with Crippen molar-refractivity contribution in [2.75, 3.05) is 6.54 Å². The summed E-state index contributed by atoms with van der Waals surface area (Å²) >= 11 is 0. The number of carbonyl (C=O) groups excluding carboxylic acids is 1. The van der Waals surface area contributed by atoms with E-state index >= 15 is 0 Å². The lowest BCUT2D eigenvalue weighted by Gasteiger charge is -2.07. The molecule has 0 heterocycles. The molecule has 0 aliphatic carbocycles. The normalized spacial score (nSPS) is 10.2. The van der Waals surface area contributed by atoms with Gasteiger partial charge in [-0.3, -0.25) is 20.3 Å². The molecule has 0 spiro atoms. The van der Waals surface area contributed by atoms with Gasteiger partial charge in [0.2, 0.25) is 0 Å². The van der Waals surface area contributed by atoms with Crippen LogP contribution in [0.15, 0.2) is 48.5 Å². The molecule has 22 heavy (non-hydrogen) atoms. The van der Waals surface area contributed by atoms with Crippen molar-refractivity contribution in [2.24, 2.45) is 0 Å². The summed E-state index contributed by atoms with van der Waals surface area (Å²) in [5.74, 6) is -0.191. The summed E-state index contributed by atoms with van der Waals surface area (Å²) in [6.45, 7) is 2.73. The minimum atomic E-state index is -0.430. The molecule has 114 valence electrons. The quantitative estimate of drug-likeness (QED) is 0.488. The summed E-state index contributed by atoms with van der Waals surface area (Å²) in [5.41, 5.74) is 7.81. The average molecular weight is 299 g/mol. The third kappa shape index (κ3) is 3.89. The molecular weight excluding hydrogens is 282 g/mol. The standard InChI is InChI=1S/C16H17N3O3/c1-2-11-17-18-16(20)14-5-3-12(4-6-14)13-7-9-15(10-8-13)19(21)22/h3-10,17H,2,11H2,1H3,(H,18,20). The second kappa shape index (κ2) is 7.33. The van der Waals surface area contributed by atoms with Gasteiger partial charge in [0.1, 0.15) is 0 Å². The van der Waals surface area contributed by atoms with Crippen molar-refractivity contribution in [1.82, 2.24) is 10.9 Å². The lowest BCUT2D eigenvalue weighted by Crippen LogP contribution is -2.37. The maximum absolute atomic E-state index is 11.8. The Labute approximate surface area is 128 Å². The zero-order valence-electron chi connectivity index (χ0n) is 12.2. The van der Waals surface area contributed by atoms with Gasteiger partial charge in [0.25, 0.3) is 11.6 Å². The van der Waals surface area contributed by atoms with Gasteiger partial charge in [-0.05, 0) is 41.8 Å². The number of hydrogen-bond acceptors (Lipinski definition) is 4. The summed E-state index contributed by atoms with van der Waals surface area (Å²) in [6, 6.07) is 13.4. The van der Waals surface area contributed by atoms with Crippen LogP contribution in [-0.2, 0) is 0 Å². The van der Waals surface area contributed by atoms with E-state index < -0.39 is 4.92 Å². The number of nitrogens with zero attached hydrogens (tertiary/aromatic N) is 1. The number of benzene rings is 2. The largest absolute Gasteiger partial charge is 0.287 e. The van der Waals surface area contributed by atoms with Crippen molar-refractivity contribution in [3.63, 3.8) is 0 Å². The van der Waals surface area contributed by atoms with Crippen molar-refractivity contribution >= 4 is 11.6 Å². The van der Waals surface area contributed by atoms with Gasteiger partial charge in [0.15, 0.2) is 0 Å². The van der Waals surface area contributed by atoms with Crippen LogP contribution in [0.4, 0.5) is 5.69 Å². The number of nitro benzene ring substituents is 1. The molecule has 2 aromatic carbocycles. The zero-order valence-corrected chi connectivity index (χ0v) is 12.2. The van der Waals surface area contributed by atoms with Crippen LogP contribution in [0.25, 0.3) is 11.1 Å². The number of hydrazine groups is 1. The minimum absolute atomic E-state index is 0.0572. The average Bonchev–Trinajstić information content (AvgIpc) is 2.55. The zero-order chi connectivity index (χ0) is 15.9. The molecule has 0 radical (unpaired) electrons. The molecule has 0 aliphatic rings. The van der Waals surface area contributed by atoms with E-state index in [2.05, 4.69) is 10.9 Å². The molecule has 0 saturated carbocycles. The van der Waals surface area contributed by atoms with Crippen LogP contribution in [0.3, 0.4) is 0 Å². The van der Waals surface area contributed by atoms with E-state index in [0.717, 1.165) is 17.5 Å². The summed E-state index contributed by atoms with van der Waals surface area (Å²) in [5, 5.41) is 10.6. The predicted molar refractivity (Wildman–Crippen MR) is 84.3 cm³/mol. The fourth-order valence-electron chi connectivity index (χ4n) is 1.93. The molecule has 0 fully saturated rings. The smallest absolute Gasteiger partial charge is 0.269 e. The molecule has 2 rings (SSSR count). The van der Waals surface area contributed by atoms with Gasteiger partial charge in [0, 0.05) is 24.2 Å². The highest BCUT2D eigenvalue weighted by molar-refractivity contribution is 5.94. The number of amides is 1. The van der Waals surface area contributed by atoms with Gasteiger partial charge in [-0.1, -0.05) is 19.1 Å². The molecule has 1 amide bonds. The Bertz CT molecular complexity index is 651. The third-order valence-corrected chi connectivity index (χ3v) is 3.14. The Kier molecular flexibility index (Phi) is 5.21. The van der Waals surface area contributed by atoms with Crippen molar-refractivity contribution in [2.45, 2.75) is 13.3 Å². The van der Waals surface area contributed by atoms with Gasteiger partial charge in [-0.2, -0.15) is 0 Å². The first kappa shape index (κ1) is 15.7. The lowest BCUT2D eigenvalue weighted by atomic mass is 10.0. The van der Waals surface area contributed by atoms with Crippen LogP contribution in [-0.4, -0.2) is 17.4 Å². The number of non-ortho nitro benzene ring substituents is 1. The van der Waals surface area contributed by atoms with E-state index in [1.165, 1.54) is 12.1 Å². The monoisotopic (exact) mass is 299 g/mol. The number of carbonyl (C=O) groups is 1. The predicted octanol–water partition coefficient (Wildman–Crippen LogP) is 2.91. The van der Waals surface area contributed by atoms with Crippen molar-refractivity contribution < 1.29 is 9.72 Å². The molecule has 2 aromatic rings.